The summed E-state index contributed by atoms with van der Waals surface area (Å²) in [6.45, 7) is 2.02. The van der Waals surface area contributed by atoms with Crippen LogP contribution in [0, 0.1) is 5.92 Å². The minimum atomic E-state index is -0.968. The Hall–Kier alpha value is -0.310. The second-order valence-electron chi connectivity index (χ2n) is 4.87. The smallest absolute Gasteiger partial charge is 0.234 e. The molecule has 18 heavy (non-hydrogen) atoms. The summed E-state index contributed by atoms with van der Waals surface area (Å²) in [5, 5.41) is 21.1. The van der Waals surface area contributed by atoms with Crippen LogP contribution in [0.1, 0.15) is 11.9 Å². The Morgan fingerprint density at radius 2 is 2.33 bits per heavy atom. The largest absolute Gasteiger partial charge is 0.390 e. The maximum absolute atomic E-state index is 10.2. The average molecular weight is 293 g/mol. The molecule has 1 aromatic rings. The molecule has 0 saturated carbocycles. The number of ether oxygens (including phenoxy) is 2. The van der Waals surface area contributed by atoms with E-state index in [0.717, 1.165) is 0 Å². The van der Waals surface area contributed by atoms with E-state index in [-0.39, 0.29) is 17.8 Å². The molecule has 2 saturated heterocycles. The zero-order valence-electron chi connectivity index (χ0n) is 9.62. The van der Waals surface area contributed by atoms with Gasteiger partial charge in [-0.2, -0.15) is 4.37 Å². The number of hydrogen-bond donors (Lipinski definition) is 2. The number of nitrogens with zero attached hydrogens (tertiary/aromatic N) is 2. The average Bonchev–Trinajstić information content (AvgIpc) is 2.89. The van der Waals surface area contributed by atoms with E-state index in [1.165, 1.54) is 11.5 Å². The molecule has 0 unspecified atom stereocenters. The van der Waals surface area contributed by atoms with Gasteiger partial charge in [0, 0.05) is 12.3 Å². The Balaban J connectivity index is 1.80. The molecule has 3 rings (SSSR count). The number of aliphatic hydroxyl groups excluding tert-OH is 2. The maximum Gasteiger partial charge on any atom is 0.234 e. The Morgan fingerprint density at radius 1 is 1.56 bits per heavy atom. The molecule has 2 bridgehead atoms. The van der Waals surface area contributed by atoms with Gasteiger partial charge in [0.05, 0.1) is 12.7 Å². The Labute approximate surface area is 113 Å². The van der Waals surface area contributed by atoms with Crippen LogP contribution < -0.4 is 0 Å². The van der Waals surface area contributed by atoms with E-state index in [4.69, 9.17) is 21.1 Å². The number of fused-ring (bicyclic) bond motifs is 2. The lowest BCUT2D eigenvalue weighted by Gasteiger charge is -2.40. The molecule has 100 valence electrons. The van der Waals surface area contributed by atoms with Crippen LogP contribution in [-0.2, 0) is 15.9 Å². The van der Waals surface area contributed by atoms with Crippen LogP contribution in [0.25, 0.3) is 0 Å². The number of hydrogen-bond acceptors (Lipinski definition) is 7. The third kappa shape index (κ3) is 1.95. The highest BCUT2D eigenvalue weighted by Crippen LogP contribution is 2.40. The second-order valence-corrected chi connectivity index (χ2v) is 6.04. The molecule has 5 atom stereocenters. The minimum Gasteiger partial charge on any atom is -0.390 e. The van der Waals surface area contributed by atoms with E-state index in [1.54, 1.807) is 6.92 Å². The molecule has 2 aliphatic heterocycles. The molecular weight excluding hydrogens is 280 g/mol. The van der Waals surface area contributed by atoms with E-state index < -0.39 is 24.1 Å². The first-order valence-corrected chi connectivity index (χ1v) is 6.78. The van der Waals surface area contributed by atoms with Gasteiger partial charge in [0.25, 0.3) is 0 Å². The van der Waals surface area contributed by atoms with E-state index in [2.05, 4.69) is 9.36 Å². The molecule has 0 radical (unpaired) electrons. The highest BCUT2D eigenvalue weighted by molar-refractivity contribution is 7.05. The predicted octanol–water partition coefficient (Wildman–Crippen LogP) is 0.217. The van der Waals surface area contributed by atoms with Gasteiger partial charge in [-0.25, -0.2) is 4.98 Å². The van der Waals surface area contributed by atoms with Crippen molar-refractivity contribution in [2.75, 3.05) is 6.61 Å². The van der Waals surface area contributed by atoms with Gasteiger partial charge in [-0.05, 0) is 30.1 Å². The Morgan fingerprint density at radius 3 is 3.00 bits per heavy atom. The summed E-state index contributed by atoms with van der Waals surface area (Å²) >= 11 is 6.83. The summed E-state index contributed by atoms with van der Waals surface area (Å²) < 4.78 is 15.0. The lowest BCUT2D eigenvalue weighted by Crippen LogP contribution is -2.57. The SMILES string of the molecule is C[C@@]12CO[C@@H](O1)[C@H](Cc1nc(Cl)ns1)[C@@H](O)[C@H]2O. The predicted molar refractivity (Wildman–Crippen MR) is 63.4 cm³/mol. The molecule has 1 aromatic heterocycles. The molecule has 0 aliphatic carbocycles. The van der Waals surface area contributed by atoms with Crippen LogP contribution in [0.2, 0.25) is 5.28 Å². The van der Waals surface area contributed by atoms with E-state index in [9.17, 15) is 10.2 Å². The second kappa shape index (κ2) is 4.36. The van der Waals surface area contributed by atoms with Gasteiger partial charge in [0.2, 0.25) is 5.28 Å². The van der Waals surface area contributed by atoms with Crippen molar-refractivity contribution in [1.29, 1.82) is 0 Å². The summed E-state index contributed by atoms with van der Waals surface area (Å²) in [7, 11) is 0. The van der Waals surface area contributed by atoms with Crippen molar-refractivity contribution in [3.8, 4) is 0 Å². The Bertz CT molecular complexity index is 459. The summed E-state index contributed by atoms with van der Waals surface area (Å²) in [6.07, 6.45) is -1.97. The van der Waals surface area contributed by atoms with E-state index in [1.807, 2.05) is 0 Å². The third-order valence-corrected chi connectivity index (χ3v) is 4.51. The van der Waals surface area contributed by atoms with Gasteiger partial charge < -0.3 is 19.7 Å². The molecule has 6 nitrogen and oxygen atoms in total. The molecular formula is C10H13ClN2O4S. The fourth-order valence-electron chi connectivity index (χ4n) is 2.44. The minimum absolute atomic E-state index is 0.193. The number of aromatic nitrogens is 2. The van der Waals surface area contributed by atoms with Crippen molar-refractivity contribution in [2.24, 2.45) is 5.92 Å². The van der Waals surface area contributed by atoms with Crippen LogP contribution in [0.15, 0.2) is 0 Å². The summed E-state index contributed by atoms with van der Waals surface area (Å²) in [5.74, 6) is -0.361. The topological polar surface area (TPSA) is 84.7 Å². The molecule has 0 amide bonds. The first kappa shape index (κ1) is 12.7. The summed E-state index contributed by atoms with van der Waals surface area (Å²) in [5.41, 5.74) is -0.820. The first-order chi connectivity index (χ1) is 8.49. The number of halogens is 1. The van der Waals surface area contributed by atoms with Gasteiger partial charge >= 0.3 is 0 Å². The molecule has 8 heteroatoms. The van der Waals surface area contributed by atoms with E-state index >= 15 is 0 Å². The lowest BCUT2D eigenvalue weighted by molar-refractivity contribution is -0.234. The highest BCUT2D eigenvalue weighted by Gasteiger charge is 2.56. The molecule has 2 fully saturated rings. The quantitative estimate of drug-likeness (QED) is 0.811. The normalized spacial score (nSPS) is 43.3. The van der Waals surface area contributed by atoms with Crippen molar-refractivity contribution < 1.29 is 19.7 Å². The molecule has 3 heterocycles. The van der Waals surface area contributed by atoms with Gasteiger partial charge in [0.15, 0.2) is 6.29 Å². The van der Waals surface area contributed by atoms with Crippen LogP contribution in [0.3, 0.4) is 0 Å². The van der Waals surface area contributed by atoms with Crippen molar-refractivity contribution in [3.05, 3.63) is 10.3 Å². The summed E-state index contributed by atoms with van der Waals surface area (Å²) in [6, 6.07) is 0. The van der Waals surface area contributed by atoms with Crippen molar-refractivity contribution >= 4 is 23.1 Å². The third-order valence-electron chi connectivity index (χ3n) is 3.51. The summed E-state index contributed by atoms with van der Waals surface area (Å²) in [4.78, 5) is 4.03. The standard InChI is InChI=1S/C10H13ClN2O4S/c1-10-3-16-8(17-10)4(6(14)7(10)15)2-5-12-9(11)13-18-5/h4,6-8,14-15H,2-3H2,1H3/t4-,6-,7-,8+,10+/m1/s1. The van der Waals surface area contributed by atoms with Gasteiger partial charge in [-0.15, -0.1) is 0 Å². The zero-order valence-corrected chi connectivity index (χ0v) is 11.2. The van der Waals surface area contributed by atoms with Gasteiger partial charge in [-0.3, -0.25) is 0 Å². The van der Waals surface area contributed by atoms with Gasteiger partial charge in [-0.1, -0.05) is 0 Å². The molecule has 2 aliphatic rings. The maximum atomic E-state index is 10.2. The molecule has 0 spiro atoms. The van der Waals surface area contributed by atoms with Crippen LogP contribution in [0.4, 0.5) is 0 Å². The monoisotopic (exact) mass is 292 g/mol. The van der Waals surface area contributed by atoms with Crippen molar-refractivity contribution in [1.82, 2.24) is 9.36 Å². The lowest BCUT2D eigenvalue weighted by atomic mass is 9.84. The van der Waals surface area contributed by atoms with Crippen LogP contribution >= 0.6 is 23.1 Å². The van der Waals surface area contributed by atoms with Crippen LogP contribution in [0.5, 0.6) is 0 Å². The number of rotatable bonds is 2. The highest BCUT2D eigenvalue weighted by atomic mass is 35.5. The van der Waals surface area contributed by atoms with E-state index in [0.29, 0.717) is 11.4 Å². The number of aliphatic hydroxyl groups is 2. The first-order valence-electron chi connectivity index (χ1n) is 5.63. The zero-order chi connectivity index (χ0) is 12.9. The molecule has 0 aromatic carbocycles. The van der Waals surface area contributed by atoms with Gasteiger partial charge in [0.1, 0.15) is 16.7 Å². The van der Waals surface area contributed by atoms with Crippen LogP contribution in [-0.4, -0.2) is 50.3 Å². The fraction of sp³-hybridized carbons (Fsp3) is 0.800. The van der Waals surface area contributed by atoms with Crippen molar-refractivity contribution in [2.45, 2.75) is 37.4 Å². The Kier molecular flexibility index (Phi) is 3.08. The van der Waals surface area contributed by atoms with Crippen molar-refractivity contribution in [3.63, 3.8) is 0 Å². The molecule has 2 N–H and O–H groups in total. The fourth-order valence-corrected chi connectivity index (χ4v) is 3.31.